The number of hydrogen-bond acceptors (Lipinski definition) is 4. The van der Waals surface area contributed by atoms with Crippen LogP contribution in [-0.4, -0.2) is 37.3 Å². The molecule has 2 aromatic rings. The highest BCUT2D eigenvalue weighted by atomic mass is 16.2. The number of piperidine rings is 1. The summed E-state index contributed by atoms with van der Waals surface area (Å²) in [5.74, 6) is 1.26. The molecule has 0 aliphatic carbocycles. The van der Waals surface area contributed by atoms with Gasteiger partial charge >= 0.3 is 5.69 Å². The van der Waals surface area contributed by atoms with Gasteiger partial charge in [-0.3, -0.25) is 14.5 Å². The minimum absolute atomic E-state index is 0.0145. The topological polar surface area (TPSA) is 56.0 Å². The van der Waals surface area contributed by atoms with Crippen LogP contribution >= 0.6 is 0 Å². The molecule has 1 atom stereocenters. The number of pyridine rings is 1. The van der Waals surface area contributed by atoms with Crippen molar-refractivity contribution < 1.29 is 0 Å². The lowest BCUT2D eigenvalue weighted by Crippen LogP contribution is -2.35. The van der Waals surface area contributed by atoms with Crippen LogP contribution in [0.4, 0.5) is 0 Å². The Morgan fingerprint density at radius 2 is 2.23 bits per heavy atom. The molecule has 0 spiro atoms. The van der Waals surface area contributed by atoms with Gasteiger partial charge in [-0.1, -0.05) is 6.07 Å². The van der Waals surface area contributed by atoms with Gasteiger partial charge < -0.3 is 0 Å². The molecule has 1 aliphatic rings. The number of likely N-dealkylation sites (tertiary alicyclic amines) is 1. The van der Waals surface area contributed by atoms with Crippen LogP contribution in [0.15, 0.2) is 29.2 Å². The Morgan fingerprint density at radius 3 is 2.95 bits per heavy atom. The minimum Gasteiger partial charge on any atom is -0.297 e. The van der Waals surface area contributed by atoms with Crippen LogP contribution < -0.4 is 5.69 Å². The fraction of sp³-hybridized carbons (Fsp3) is 0.562. The zero-order valence-corrected chi connectivity index (χ0v) is 13.3. The van der Waals surface area contributed by atoms with Gasteiger partial charge in [0.25, 0.3) is 0 Å². The first-order valence-electron chi connectivity index (χ1n) is 7.95. The van der Waals surface area contributed by atoms with E-state index in [4.69, 9.17) is 0 Å². The van der Waals surface area contributed by atoms with E-state index in [0.29, 0.717) is 12.5 Å². The monoisotopic (exact) mass is 301 g/mol. The summed E-state index contributed by atoms with van der Waals surface area (Å²) in [7, 11) is 1.73. The van der Waals surface area contributed by atoms with Crippen molar-refractivity contribution in [3.8, 4) is 0 Å². The SMILES string of the molecule is CCn1c([C@@H]2CCCN(Cc3ccccn3)C2)nn(C)c1=O. The number of rotatable bonds is 4. The van der Waals surface area contributed by atoms with Crippen LogP contribution in [0.1, 0.15) is 37.2 Å². The van der Waals surface area contributed by atoms with E-state index in [9.17, 15) is 4.79 Å². The molecule has 0 saturated carbocycles. The van der Waals surface area contributed by atoms with E-state index in [1.165, 1.54) is 4.68 Å². The first-order chi connectivity index (χ1) is 10.7. The Labute approximate surface area is 130 Å². The van der Waals surface area contributed by atoms with Crippen molar-refractivity contribution in [3.63, 3.8) is 0 Å². The number of aryl methyl sites for hydroxylation is 1. The second kappa shape index (κ2) is 6.44. The predicted octanol–water partition coefficient (Wildman–Crippen LogP) is 1.38. The average Bonchev–Trinajstić information content (AvgIpc) is 2.83. The lowest BCUT2D eigenvalue weighted by atomic mass is 9.97. The van der Waals surface area contributed by atoms with E-state index in [0.717, 1.165) is 44.0 Å². The number of aromatic nitrogens is 4. The zero-order chi connectivity index (χ0) is 15.5. The summed E-state index contributed by atoms with van der Waals surface area (Å²) in [5, 5.41) is 4.47. The summed E-state index contributed by atoms with van der Waals surface area (Å²) < 4.78 is 3.26. The predicted molar refractivity (Wildman–Crippen MR) is 84.6 cm³/mol. The van der Waals surface area contributed by atoms with Gasteiger partial charge in [0.05, 0.1) is 5.69 Å². The molecule has 3 heterocycles. The van der Waals surface area contributed by atoms with Gasteiger partial charge in [-0.05, 0) is 38.4 Å². The fourth-order valence-electron chi connectivity index (χ4n) is 3.25. The van der Waals surface area contributed by atoms with Crippen molar-refractivity contribution in [1.29, 1.82) is 0 Å². The summed E-state index contributed by atoms with van der Waals surface area (Å²) >= 11 is 0. The van der Waals surface area contributed by atoms with Gasteiger partial charge in [0.2, 0.25) is 0 Å². The van der Waals surface area contributed by atoms with Crippen LogP contribution in [-0.2, 0) is 20.1 Å². The highest BCUT2D eigenvalue weighted by Crippen LogP contribution is 2.25. The molecule has 0 amide bonds. The van der Waals surface area contributed by atoms with E-state index in [-0.39, 0.29) is 5.69 Å². The molecule has 0 aromatic carbocycles. The molecule has 6 heteroatoms. The Balaban J connectivity index is 1.76. The van der Waals surface area contributed by atoms with E-state index >= 15 is 0 Å². The van der Waals surface area contributed by atoms with E-state index in [1.807, 2.05) is 25.3 Å². The molecule has 0 radical (unpaired) electrons. The molecule has 0 unspecified atom stereocenters. The van der Waals surface area contributed by atoms with Gasteiger partial charge in [0.1, 0.15) is 5.82 Å². The van der Waals surface area contributed by atoms with E-state index in [2.05, 4.69) is 21.0 Å². The minimum atomic E-state index is -0.0145. The van der Waals surface area contributed by atoms with Crippen LogP contribution in [0.5, 0.6) is 0 Å². The third kappa shape index (κ3) is 2.97. The highest BCUT2D eigenvalue weighted by molar-refractivity contribution is 5.05. The van der Waals surface area contributed by atoms with Crippen molar-refractivity contribution in [3.05, 3.63) is 46.4 Å². The van der Waals surface area contributed by atoms with Crippen molar-refractivity contribution in [2.24, 2.45) is 7.05 Å². The zero-order valence-electron chi connectivity index (χ0n) is 13.3. The number of nitrogens with zero attached hydrogens (tertiary/aromatic N) is 5. The maximum Gasteiger partial charge on any atom is 0.345 e. The second-order valence-electron chi connectivity index (χ2n) is 5.90. The van der Waals surface area contributed by atoms with Crippen LogP contribution in [0.2, 0.25) is 0 Å². The molecule has 22 heavy (non-hydrogen) atoms. The second-order valence-corrected chi connectivity index (χ2v) is 5.90. The van der Waals surface area contributed by atoms with Gasteiger partial charge in [-0.2, -0.15) is 5.10 Å². The van der Waals surface area contributed by atoms with Gasteiger partial charge in [0.15, 0.2) is 0 Å². The molecule has 1 saturated heterocycles. The standard InChI is InChI=1S/C16H23N5O/c1-3-21-15(18-19(2)16(21)22)13-7-6-10-20(11-13)12-14-8-4-5-9-17-14/h4-5,8-9,13H,3,6-7,10-12H2,1-2H3/t13-/m1/s1. The maximum atomic E-state index is 12.1. The van der Waals surface area contributed by atoms with Crippen molar-refractivity contribution in [2.45, 2.75) is 38.8 Å². The summed E-state index contributed by atoms with van der Waals surface area (Å²) in [5.41, 5.74) is 1.08. The molecule has 3 rings (SSSR count). The first kappa shape index (κ1) is 15.0. The third-order valence-electron chi connectivity index (χ3n) is 4.34. The fourth-order valence-corrected chi connectivity index (χ4v) is 3.25. The molecule has 1 fully saturated rings. The Bertz CT molecular complexity index is 676. The van der Waals surface area contributed by atoms with E-state index in [1.54, 1.807) is 11.6 Å². The van der Waals surface area contributed by atoms with Crippen LogP contribution in [0.25, 0.3) is 0 Å². The Hall–Kier alpha value is -1.95. The molecule has 0 N–H and O–H groups in total. The summed E-state index contributed by atoms with van der Waals surface area (Å²) in [6.45, 7) is 5.56. The summed E-state index contributed by atoms with van der Waals surface area (Å²) in [6, 6.07) is 6.03. The number of hydrogen-bond donors (Lipinski definition) is 0. The normalized spacial score (nSPS) is 19.5. The summed E-state index contributed by atoms with van der Waals surface area (Å²) in [6.07, 6.45) is 4.06. The van der Waals surface area contributed by atoms with Crippen molar-refractivity contribution >= 4 is 0 Å². The lowest BCUT2D eigenvalue weighted by molar-refractivity contribution is 0.192. The average molecular weight is 301 g/mol. The Morgan fingerprint density at radius 1 is 1.36 bits per heavy atom. The highest BCUT2D eigenvalue weighted by Gasteiger charge is 2.26. The Kier molecular flexibility index (Phi) is 4.38. The quantitative estimate of drug-likeness (QED) is 0.856. The maximum absolute atomic E-state index is 12.1. The van der Waals surface area contributed by atoms with Gasteiger partial charge in [-0.25, -0.2) is 9.48 Å². The van der Waals surface area contributed by atoms with Crippen LogP contribution in [0.3, 0.4) is 0 Å². The first-order valence-corrected chi connectivity index (χ1v) is 7.95. The van der Waals surface area contributed by atoms with Crippen molar-refractivity contribution in [2.75, 3.05) is 13.1 Å². The molecule has 0 bridgehead atoms. The van der Waals surface area contributed by atoms with Gasteiger partial charge in [-0.15, -0.1) is 0 Å². The molecular formula is C16H23N5O. The van der Waals surface area contributed by atoms with Crippen LogP contribution in [0, 0.1) is 0 Å². The lowest BCUT2D eigenvalue weighted by Gasteiger charge is -2.31. The van der Waals surface area contributed by atoms with Crippen molar-refractivity contribution in [1.82, 2.24) is 24.2 Å². The molecule has 1 aliphatic heterocycles. The van der Waals surface area contributed by atoms with E-state index < -0.39 is 0 Å². The third-order valence-corrected chi connectivity index (χ3v) is 4.34. The smallest absolute Gasteiger partial charge is 0.297 e. The summed E-state index contributed by atoms with van der Waals surface area (Å²) in [4.78, 5) is 18.9. The molecule has 2 aromatic heterocycles. The molecule has 6 nitrogen and oxygen atoms in total. The van der Waals surface area contributed by atoms with Gasteiger partial charge in [0, 0.05) is 38.8 Å². The molecular weight excluding hydrogens is 278 g/mol. The molecule has 118 valence electrons. The largest absolute Gasteiger partial charge is 0.345 e.